The maximum absolute atomic E-state index is 13.5. The van der Waals surface area contributed by atoms with E-state index < -0.39 is 11.7 Å². The molecule has 0 N–H and O–H groups in total. The van der Waals surface area contributed by atoms with Crippen molar-refractivity contribution in [1.29, 1.82) is 0 Å². The Morgan fingerprint density at radius 2 is 1.13 bits per heavy atom. The average Bonchev–Trinajstić information content (AvgIpc) is 3.78. The van der Waals surface area contributed by atoms with Gasteiger partial charge < -0.3 is 0 Å². The van der Waals surface area contributed by atoms with Crippen molar-refractivity contribution in [2.24, 2.45) is 0 Å². The summed E-state index contributed by atoms with van der Waals surface area (Å²) in [5.41, 5.74) is 3.89. The van der Waals surface area contributed by atoms with Crippen molar-refractivity contribution in [2.75, 3.05) is 0 Å². The van der Waals surface area contributed by atoms with Crippen LogP contribution >= 0.6 is 22.7 Å². The van der Waals surface area contributed by atoms with Gasteiger partial charge in [0.25, 0.3) is 0 Å². The van der Waals surface area contributed by atoms with Gasteiger partial charge in [-0.1, -0.05) is 122 Å². The van der Waals surface area contributed by atoms with Crippen molar-refractivity contribution in [2.45, 2.75) is 6.18 Å². The number of thiophene rings is 2. The van der Waals surface area contributed by atoms with E-state index in [-0.39, 0.29) is 0 Å². The smallest absolute Gasteiger partial charge is 0.227 e. The summed E-state index contributed by atoms with van der Waals surface area (Å²) < 4.78 is 44.3. The van der Waals surface area contributed by atoms with E-state index >= 15 is 0 Å². The molecule has 260 valence electrons. The lowest BCUT2D eigenvalue weighted by Crippen LogP contribution is -2.09. The molecule has 5 aromatic carbocycles. The Hall–Kier alpha value is -6.36. The van der Waals surface area contributed by atoms with Crippen LogP contribution in [0.4, 0.5) is 13.2 Å². The zero-order chi connectivity index (χ0) is 36.8. The molecule has 4 heterocycles. The fourth-order valence-electron chi connectivity index (χ4n) is 6.51. The summed E-state index contributed by atoms with van der Waals surface area (Å²) in [5.74, 6) is 2.18. The van der Waals surface area contributed by atoms with Crippen LogP contribution in [0.5, 0.6) is 0 Å². The number of rotatable bonds is 7. The van der Waals surface area contributed by atoms with E-state index in [4.69, 9.17) is 24.9 Å². The van der Waals surface area contributed by atoms with Crippen molar-refractivity contribution in [1.82, 2.24) is 24.9 Å². The summed E-state index contributed by atoms with van der Waals surface area (Å²) in [5, 5.41) is 2.95. The number of aromatic nitrogens is 5. The van der Waals surface area contributed by atoms with Crippen LogP contribution in [-0.2, 0) is 0 Å². The van der Waals surface area contributed by atoms with E-state index in [0.717, 1.165) is 74.9 Å². The SMILES string of the molecule is C=C/C(=C\C=C\c1nc(-c2cccc3c2sc2cccc(-c4nc(-c5ccccc5)nc(-c5ccccc5)n4)c23)nc2c1sc1ccccc12)C(F)(F)F. The van der Waals surface area contributed by atoms with Crippen LogP contribution in [0.2, 0.25) is 0 Å². The standard InChI is InChI=1S/C44H26F3N5S2/c1-2-28(44(45,46)47)18-11-23-33-39-37(29-19-9-10-24-34(29)53-39)49-43(48-33)32-22-12-20-30-36-31(21-13-25-35(36)54-38(30)32)42-51-40(26-14-5-3-6-15-26)50-41(52-42)27-16-7-4-8-17-27/h2-25H,1H2/b23-11+,28-18+. The van der Waals surface area contributed by atoms with E-state index in [0.29, 0.717) is 29.0 Å². The molecule has 0 aliphatic carbocycles. The lowest BCUT2D eigenvalue weighted by Gasteiger charge is -2.09. The highest BCUT2D eigenvalue weighted by Crippen LogP contribution is 2.44. The first-order chi connectivity index (χ1) is 26.4. The van der Waals surface area contributed by atoms with Crippen LogP contribution in [-0.4, -0.2) is 31.1 Å². The van der Waals surface area contributed by atoms with Gasteiger partial charge in [0.2, 0.25) is 0 Å². The summed E-state index contributed by atoms with van der Waals surface area (Å²) in [6.45, 7) is 3.34. The van der Waals surface area contributed by atoms with Crippen LogP contribution in [0.25, 0.3) is 92.1 Å². The molecule has 0 saturated carbocycles. The summed E-state index contributed by atoms with van der Waals surface area (Å²) in [6, 6.07) is 39.8. The molecule has 0 amide bonds. The minimum absolute atomic E-state index is 0.478. The van der Waals surface area contributed by atoms with Gasteiger partial charge in [-0.15, -0.1) is 22.7 Å². The Labute approximate surface area is 315 Å². The highest BCUT2D eigenvalue weighted by atomic mass is 32.1. The third-order valence-electron chi connectivity index (χ3n) is 9.03. The van der Waals surface area contributed by atoms with Gasteiger partial charge in [0.1, 0.15) is 0 Å². The van der Waals surface area contributed by atoms with Crippen molar-refractivity contribution in [3.63, 3.8) is 0 Å². The number of hydrogen-bond donors (Lipinski definition) is 0. The molecule has 0 unspecified atom stereocenters. The first kappa shape index (κ1) is 33.5. The Morgan fingerprint density at radius 3 is 1.83 bits per heavy atom. The molecule has 0 saturated heterocycles. The number of nitrogens with zero attached hydrogens (tertiary/aromatic N) is 5. The quantitative estimate of drug-likeness (QED) is 0.152. The maximum atomic E-state index is 13.5. The minimum Gasteiger partial charge on any atom is -0.227 e. The first-order valence-electron chi connectivity index (χ1n) is 16.9. The number of fused-ring (bicyclic) bond motifs is 6. The molecule has 0 aliphatic heterocycles. The van der Waals surface area contributed by atoms with Gasteiger partial charge >= 0.3 is 6.18 Å². The Morgan fingerprint density at radius 1 is 0.556 bits per heavy atom. The molecule has 0 spiro atoms. The lowest BCUT2D eigenvalue weighted by atomic mass is 10.0. The number of benzene rings is 5. The van der Waals surface area contributed by atoms with E-state index in [1.54, 1.807) is 17.4 Å². The third kappa shape index (κ3) is 6.05. The minimum atomic E-state index is -4.51. The molecular formula is C44H26F3N5S2. The molecule has 10 heteroatoms. The molecular weight excluding hydrogens is 720 g/mol. The van der Waals surface area contributed by atoms with E-state index in [9.17, 15) is 13.2 Å². The second-order valence-electron chi connectivity index (χ2n) is 12.4. The van der Waals surface area contributed by atoms with Crippen LogP contribution in [0.15, 0.2) is 152 Å². The van der Waals surface area contributed by atoms with Crippen LogP contribution in [0.1, 0.15) is 5.69 Å². The largest absolute Gasteiger partial charge is 0.416 e. The maximum Gasteiger partial charge on any atom is 0.416 e. The van der Waals surface area contributed by atoms with Crippen molar-refractivity contribution in [3.8, 4) is 45.6 Å². The van der Waals surface area contributed by atoms with Gasteiger partial charge in [-0.05, 0) is 30.4 Å². The molecule has 0 fully saturated rings. The zero-order valence-electron chi connectivity index (χ0n) is 28.2. The Bertz CT molecular complexity index is 2890. The fourth-order valence-corrected chi connectivity index (χ4v) is 8.86. The highest BCUT2D eigenvalue weighted by Gasteiger charge is 2.30. The highest BCUT2D eigenvalue weighted by molar-refractivity contribution is 7.26. The summed E-state index contributed by atoms with van der Waals surface area (Å²) >= 11 is 3.14. The first-order valence-corrected chi connectivity index (χ1v) is 18.6. The number of halogens is 3. The topological polar surface area (TPSA) is 64.5 Å². The monoisotopic (exact) mass is 745 g/mol. The second-order valence-corrected chi connectivity index (χ2v) is 14.5. The number of hydrogen-bond acceptors (Lipinski definition) is 7. The van der Waals surface area contributed by atoms with Crippen LogP contribution < -0.4 is 0 Å². The molecule has 9 aromatic rings. The summed E-state index contributed by atoms with van der Waals surface area (Å²) in [7, 11) is 0. The molecule has 0 atom stereocenters. The molecule has 0 aliphatic rings. The van der Waals surface area contributed by atoms with Crippen molar-refractivity contribution < 1.29 is 13.2 Å². The number of alkyl halides is 3. The fraction of sp³-hybridized carbons (Fsp3) is 0.0227. The molecule has 0 radical (unpaired) electrons. The zero-order valence-corrected chi connectivity index (χ0v) is 29.9. The van der Waals surface area contributed by atoms with E-state index in [2.05, 4.69) is 18.7 Å². The van der Waals surface area contributed by atoms with Gasteiger partial charge in [0.15, 0.2) is 23.3 Å². The Balaban J connectivity index is 1.25. The van der Waals surface area contributed by atoms with Crippen LogP contribution in [0, 0.1) is 0 Å². The second kappa shape index (κ2) is 13.6. The number of allylic oxidation sites excluding steroid dienone is 4. The van der Waals surface area contributed by atoms with E-state index in [1.165, 1.54) is 17.4 Å². The van der Waals surface area contributed by atoms with Crippen LogP contribution in [0.3, 0.4) is 0 Å². The van der Waals surface area contributed by atoms with Crippen molar-refractivity contribution >= 4 is 69.2 Å². The molecule has 5 nitrogen and oxygen atoms in total. The molecule has 9 rings (SSSR count). The van der Waals surface area contributed by atoms with E-state index in [1.807, 2.05) is 109 Å². The van der Waals surface area contributed by atoms with Gasteiger partial charge in [-0.25, -0.2) is 24.9 Å². The summed E-state index contributed by atoms with van der Waals surface area (Å²) in [4.78, 5) is 25.0. The third-order valence-corrected chi connectivity index (χ3v) is 11.4. The van der Waals surface area contributed by atoms with Crippen molar-refractivity contribution in [3.05, 3.63) is 157 Å². The molecule has 54 heavy (non-hydrogen) atoms. The predicted molar refractivity (Wildman–Crippen MR) is 216 cm³/mol. The normalized spacial score (nSPS) is 12.5. The Kier molecular flexibility index (Phi) is 8.41. The van der Waals surface area contributed by atoms with Gasteiger partial charge in [-0.3, -0.25) is 0 Å². The average molecular weight is 746 g/mol. The molecule has 4 aromatic heterocycles. The van der Waals surface area contributed by atoms with Gasteiger partial charge in [-0.2, -0.15) is 13.2 Å². The molecule has 0 bridgehead atoms. The van der Waals surface area contributed by atoms with Gasteiger partial charge in [0.05, 0.1) is 21.5 Å². The lowest BCUT2D eigenvalue weighted by molar-refractivity contribution is -0.0881. The van der Waals surface area contributed by atoms with Gasteiger partial charge in [0, 0.05) is 52.5 Å². The predicted octanol–water partition coefficient (Wildman–Crippen LogP) is 12.8. The summed E-state index contributed by atoms with van der Waals surface area (Å²) in [6.07, 6.45) is 0.281.